The van der Waals surface area contributed by atoms with Gasteiger partial charge in [0.25, 0.3) is 0 Å². The Bertz CT molecular complexity index is 234. The Hall–Kier alpha value is -0.0900. The summed E-state index contributed by atoms with van der Waals surface area (Å²) in [6.45, 7) is 0.970. The number of halogens is 1. The third kappa shape index (κ3) is 2.11. The van der Waals surface area contributed by atoms with Crippen molar-refractivity contribution in [1.82, 2.24) is 5.32 Å². The average Bonchev–Trinajstić information content (AvgIpc) is 2.47. The van der Waals surface area contributed by atoms with Crippen LogP contribution in [0.2, 0.25) is 0 Å². The van der Waals surface area contributed by atoms with Crippen molar-refractivity contribution >= 4 is 21.8 Å². The first-order valence-corrected chi connectivity index (χ1v) is 6.24. The maximum Gasteiger partial charge on any atom is 0.217 e. The molecule has 14 heavy (non-hydrogen) atoms. The van der Waals surface area contributed by atoms with Crippen LogP contribution in [0.3, 0.4) is 0 Å². The number of carbonyl (C=O) groups excluding carboxylic acids is 1. The fourth-order valence-electron chi connectivity index (χ4n) is 2.86. The predicted octanol–water partition coefficient (Wildman–Crippen LogP) is 1.01. The molecule has 0 aromatic heterocycles. The predicted molar refractivity (Wildman–Crippen MR) is 59.1 cm³/mol. The highest BCUT2D eigenvalue weighted by Gasteiger charge is 2.39. The van der Waals surface area contributed by atoms with Crippen molar-refractivity contribution in [3.63, 3.8) is 0 Å². The summed E-state index contributed by atoms with van der Waals surface area (Å²) in [5.41, 5.74) is 5.25. The Labute approximate surface area is 92.9 Å². The largest absolute Gasteiger partial charge is 0.370 e. The van der Waals surface area contributed by atoms with E-state index in [0.29, 0.717) is 29.1 Å². The third-order valence-electron chi connectivity index (χ3n) is 3.55. The van der Waals surface area contributed by atoms with Crippen LogP contribution in [0.5, 0.6) is 0 Å². The van der Waals surface area contributed by atoms with Crippen molar-refractivity contribution in [2.75, 3.05) is 6.54 Å². The second kappa shape index (κ2) is 4.19. The molecule has 0 aromatic carbocycles. The number of alkyl halides is 1. The number of carbonyl (C=O) groups is 1. The summed E-state index contributed by atoms with van der Waals surface area (Å²) in [5.74, 6) is 0.965. The van der Waals surface area contributed by atoms with Crippen molar-refractivity contribution in [3.05, 3.63) is 0 Å². The van der Waals surface area contributed by atoms with Gasteiger partial charge in [0.1, 0.15) is 0 Å². The Morgan fingerprint density at radius 3 is 3.00 bits per heavy atom. The van der Waals surface area contributed by atoms with E-state index in [9.17, 15) is 4.79 Å². The fraction of sp³-hybridized carbons (Fsp3) is 0.900. The van der Waals surface area contributed by atoms with Crippen molar-refractivity contribution in [2.24, 2.45) is 17.6 Å². The summed E-state index contributed by atoms with van der Waals surface area (Å²) in [6.07, 6.45) is 4.22. The molecule has 1 saturated heterocycles. The van der Waals surface area contributed by atoms with E-state index in [1.54, 1.807) is 0 Å². The van der Waals surface area contributed by atoms with Gasteiger partial charge >= 0.3 is 0 Å². The van der Waals surface area contributed by atoms with E-state index in [4.69, 9.17) is 5.73 Å². The molecule has 1 aliphatic heterocycles. The molecule has 1 amide bonds. The molecule has 0 spiro atoms. The fourth-order valence-corrected chi connectivity index (χ4v) is 3.56. The molecule has 4 unspecified atom stereocenters. The van der Waals surface area contributed by atoms with Gasteiger partial charge in [0.15, 0.2) is 0 Å². The molecule has 3 N–H and O–H groups in total. The highest BCUT2D eigenvalue weighted by Crippen LogP contribution is 2.38. The van der Waals surface area contributed by atoms with Gasteiger partial charge < -0.3 is 11.1 Å². The first kappa shape index (κ1) is 10.4. The molecule has 4 heteroatoms. The number of amides is 1. The number of hydrogen-bond acceptors (Lipinski definition) is 2. The Morgan fingerprint density at radius 1 is 1.50 bits per heavy atom. The van der Waals surface area contributed by atoms with E-state index >= 15 is 0 Å². The molecule has 2 fully saturated rings. The number of nitrogens with two attached hydrogens (primary N) is 1. The van der Waals surface area contributed by atoms with Crippen LogP contribution in [0.25, 0.3) is 0 Å². The summed E-state index contributed by atoms with van der Waals surface area (Å²) in [7, 11) is 0. The number of fused-ring (bicyclic) bond motifs is 1. The topological polar surface area (TPSA) is 55.1 Å². The highest BCUT2D eigenvalue weighted by atomic mass is 79.9. The molecule has 3 nitrogen and oxygen atoms in total. The van der Waals surface area contributed by atoms with Crippen LogP contribution in [0.1, 0.15) is 25.7 Å². The summed E-state index contributed by atoms with van der Waals surface area (Å²) < 4.78 is 0. The van der Waals surface area contributed by atoms with E-state index in [1.807, 2.05) is 0 Å². The van der Waals surface area contributed by atoms with E-state index < -0.39 is 0 Å². The molecular formula is C10H17BrN2O. The molecule has 0 bridgehead atoms. The number of primary amides is 1. The minimum atomic E-state index is -0.158. The van der Waals surface area contributed by atoms with Crippen LogP contribution in [0.4, 0.5) is 0 Å². The molecule has 2 aliphatic rings. The lowest BCUT2D eigenvalue weighted by atomic mass is 9.78. The van der Waals surface area contributed by atoms with E-state index in [-0.39, 0.29) is 5.91 Å². The van der Waals surface area contributed by atoms with Gasteiger partial charge in [0.2, 0.25) is 5.91 Å². The first-order valence-electron chi connectivity index (χ1n) is 5.32. The van der Waals surface area contributed by atoms with Crippen molar-refractivity contribution in [1.29, 1.82) is 0 Å². The molecule has 1 saturated carbocycles. The quantitative estimate of drug-likeness (QED) is 0.729. The number of hydrogen-bond donors (Lipinski definition) is 2. The number of rotatable bonds is 2. The van der Waals surface area contributed by atoms with Gasteiger partial charge in [-0.3, -0.25) is 4.79 Å². The smallest absolute Gasteiger partial charge is 0.217 e. The van der Waals surface area contributed by atoms with Crippen LogP contribution in [0.15, 0.2) is 0 Å². The zero-order chi connectivity index (χ0) is 10.1. The minimum Gasteiger partial charge on any atom is -0.370 e. The zero-order valence-corrected chi connectivity index (χ0v) is 9.79. The summed E-state index contributed by atoms with van der Waals surface area (Å²) in [5, 5.41) is 3.51. The monoisotopic (exact) mass is 260 g/mol. The van der Waals surface area contributed by atoms with E-state index in [0.717, 1.165) is 6.54 Å². The first-order chi connectivity index (χ1) is 6.66. The molecular weight excluding hydrogens is 244 g/mol. The molecule has 2 rings (SSSR count). The van der Waals surface area contributed by atoms with E-state index in [2.05, 4.69) is 21.2 Å². The molecule has 80 valence electrons. The van der Waals surface area contributed by atoms with Crippen molar-refractivity contribution < 1.29 is 4.79 Å². The van der Waals surface area contributed by atoms with Crippen LogP contribution in [-0.2, 0) is 4.79 Å². The molecule has 1 heterocycles. The van der Waals surface area contributed by atoms with Gasteiger partial charge in [-0.2, -0.15) is 0 Å². The molecule has 4 atom stereocenters. The van der Waals surface area contributed by atoms with Crippen LogP contribution in [0, 0.1) is 11.8 Å². The standard InChI is InChI=1S/C10H17BrN2O/c11-7-1-2-9-8(4-7)6(5-13-9)3-10(12)14/h6-9,13H,1-5H2,(H2,12,14). The maximum atomic E-state index is 10.9. The second-order valence-electron chi connectivity index (χ2n) is 4.52. The Balaban J connectivity index is 1.97. The van der Waals surface area contributed by atoms with Gasteiger partial charge in [0, 0.05) is 17.3 Å². The summed E-state index contributed by atoms with van der Waals surface area (Å²) in [4.78, 5) is 11.5. The Morgan fingerprint density at radius 2 is 2.29 bits per heavy atom. The summed E-state index contributed by atoms with van der Waals surface area (Å²) in [6, 6.07) is 0.633. The summed E-state index contributed by atoms with van der Waals surface area (Å²) >= 11 is 3.67. The maximum absolute atomic E-state index is 10.9. The van der Waals surface area contributed by atoms with Gasteiger partial charge in [-0.05, 0) is 37.6 Å². The Kier molecular flexibility index (Phi) is 3.12. The zero-order valence-electron chi connectivity index (χ0n) is 8.21. The van der Waals surface area contributed by atoms with Gasteiger partial charge in [-0.1, -0.05) is 15.9 Å². The SMILES string of the molecule is NC(=O)CC1CNC2CCC(Br)CC12. The molecule has 1 aliphatic carbocycles. The van der Waals surface area contributed by atoms with Crippen molar-refractivity contribution in [3.8, 4) is 0 Å². The van der Waals surface area contributed by atoms with Gasteiger partial charge in [-0.15, -0.1) is 0 Å². The molecule has 0 radical (unpaired) electrons. The second-order valence-corrected chi connectivity index (χ2v) is 5.81. The minimum absolute atomic E-state index is 0.158. The third-order valence-corrected chi connectivity index (χ3v) is 4.38. The van der Waals surface area contributed by atoms with Crippen LogP contribution >= 0.6 is 15.9 Å². The molecule has 0 aromatic rings. The van der Waals surface area contributed by atoms with Gasteiger partial charge in [-0.25, -0.2) is 0 Å². The van der Waals surface area contributed by atoms with Crippen molar-refractivity contribution in [2.45, 2.75) is 36.6 Å². The van der Waals surface area contributed by atoms with Crippen LogP contribution in [-0.4, -0.2) is 23.3 Å². The lowest BCUT2D eigenvalue weighted by Crippen LogP contribution is -2.34. The van der Waals surface area contributed by atoms with E-state index in [1.165, 1.54) is 19.3 Å². The highest BCUT2D eigenvalue weighted by molar-refractivity contribution is 9.09. The lowest BCUT2D eigenvalue weighted by Gasteiger charge is -2.31. The average molecular weight is 261 g/mol. The normalized spacial score (nSPS) is 42.1. The lowest BCUT2D eigenvalue weighted by molar-refractivity contribution is -0.119. The van der Waals surface area contributed by atoms with Gasteiger partial charge in [0.05, 0.1) is 0 Å². The number of nitrogens with one attached hydrogen (secondary N) is 1. The van der Waals surface area contributed by atoms with Crippen LogP contribution < -0.4 is 11.1 Å².